The second-order valence-electron chi connectivity index (χ2n) is 12.4. The van der Waals surface area contributed by atoms with E-state index in [9.17, 15) is 4.79 Å². The van der Waals surface area contributed by atoms with Gasteiger partial charge in [0.25, 0.3) is 0 Å². The van der Waals surface area contributed by atoms with Crippen LogP contribution in [0.25, 0.3) is 0 Å². The molecule has 0 unspecified atom stereocenters. The van der Waals surface area contributed by atoms with Crippen molar-refractivity contribution in [2.24, 2.45) is 10.7 Å². The van der Waals surface area contributed by atoms with Crippen LogP contribution in [0.15, 0.2) is 120 Å². The highest BCUT2D eigenvalue weighted by Crippen LogP contribution is 2.42. The number of primary amides is 1. The molecule has 6 heteroatoms. The molecule has 4 aromatic carbocycles. The molecule has 0 heterocycles. The first-order valence-corrected chi connectivity index (χ1v) is 16.2. The van der Waals surface area contributed by atoms with Crippen molar-refractivity contribution < 1.29 is 4.79 Å². The monoisotopic (exact) mass is 601 g/mol. The Kier molecular flexibility index (Phi) is 11.0. The number of hydrogen-bond donors (Lipinski definition) is 2. The largest absolute Gasteiger partial charge is 0.370 e. The van der Waals surface area contributed by atoms with E-state index in [2.05, 4.69) is 108 Å². The van der Waals surface area contributed by atoms with Gasteiger partial charge in [-0.3, -0.25) is 4.79 Å². The van der Waals surface area contributed by atoms with Gasteiger partial charge in [0.2, 0.25) is 5.91 Å². The van der Waals surface area contributed by atoms with Gasteiger partial charge in [-0.25, -0.2) is 4.99 Å². The molecule has 0 saturated heterocycles. The molecule has 1 aliphatic carbocycles. The van der Waals surface area contributed by atoms with E-state index in [1.54, 1.807) is 0 Å². The summed E-state index contributed by atoms with van der Waals surface area (Å²) in [5.41, 5.74) is 10.5. The number of nitrogens with two attached hydrogens (primary N) is 1. The van der Waals surface area contributed by atoms with Gasteiger partial charge in [0.05, 0.1) is 11.5 Å². The number of benzene rings is 4. The van der Waals surface area contributed by atoms with Crippen LogP contribution in [0.3, 0.4) is 0 Å². The second kappa shape index (κ2) is 15.5. The summed E-state index contributed by atoms with van der Waals surface area (Å²) in [5.74, 6) is 0.569. The Morgan fingerprint density at radius 3 is 1.82 bits per heavy atom. The Morgan fingerprint density at radius 2 is 1.29 bits per heavy atom. The fourth-order valence-electron chi connectivity index (χ4n) is 6.44. The summed E-state index contributed by atoms with van der Waals surface area (Å²) in [6, 6.07) is 39.9. The summed E-state index contributed by atoms with van der Waals surface area (Å²) >= 11 is 0. The number of carbonyl (C=O) groups is 1. The number of carbonyl (C=O) groups excluding carboxylic acids is 1. The zero-order chi connectivity index (χ0) is 31.5. The normalized spacial score (nSPS) is 14.3. The molecule has 1 aliphatic rings. The minimum absolute atomic E-state index is 0.164. The molecule has 6 nitrogen and oxygen atoms in total. The Morgan fingerprint density at radius 1 is 0.756 bits per heavy atom. The highest BCUT2D eigenvalue weighted by Gasteiger charge is 2.38. The third-order valence-electron chi connectivity index (χ3n) is 8.82. The molecule has 4 aromatic rings. The second-order valence-corrected chi connectivity index (χ2v) is 12.4. The molecule has 0 aliphatic heterocycles. The lowest BCUT2D eigenvalue weighted by atomic mass is 9.67. The lowest BCUT2D eigenvalue weighted by molar-refractivity contribution is -0.118. The molecule has 0 radical (unpaired) electrons. The van der Waals surface area contributed by atoms with E-state index < -0.39 is 5.41 Å². The summed E-state index contributed by atoms with van der Waals surface area (Å²) in [6.45, 7) is 2.54. The molecule has 0 atom stereocenters. The number of nitrogens with one attached hydrogen (secondary N) is 1. The zero-order valence-electron chi connectivity index (χ0n) is 26.7. The molecule has 45 heavy (non-hydrogen) atoms. The smallest absolute Gasteiger partial charge is 0.218 e. The van der Waals surface area contributed by atoms with Crippen molar-refractivity contribution in [3.8, 4) is 0 Å². The van der Waals surface area contributed by atoms with E-state index in [1.165, 1.54) is 24.8 Å². The number of nitrogens with zero attached hydrogens (tertiary/aromatic N) is 3. The maximum absolute atomic E-state index is 12.7. The van der Waals surface area contributed by atoms with Gasteiger partial charge in [0.15, 0.2) is 5.96 Å². The number of rotatable bonds is 12. The first-order chi connectivity index (χ1) is 21.9. The molecule has 0 spiro atoms. The van der Waals surface area contributed by atoms with Crippen LogP contribution in [0.5, 0.6) is 0 Å². The fraction of sp³-hybridized carbons (Fsp3) is 0.333. The summed E-state index contributed by atoms with van der Waals surface area (Å²) in [5, 5.41) is 3.74. The maximum Gasteiger partial charge on any atom is 0.218 e. The molecule has 234 valence electrons. The molecule has 0 aromatic heterocycles. The van der Waals surface area contributed by atoms with Crippen LogP contribution in [0.1, 0.15) is 60.8 Å². The van der Waals surface area contributed by atoms with Gasteiger partial charge in [-0.1, -0.05) is 122 Å². The van der Waals surface area contributed by atoms with Crippen molar-refractivity contribution in [2.75, 3.05) is 32.5 Å². The first-order valence-electron chi connectivity index (χ1n) is 16.2. The molecular weight excluding hydrogens is 554 g/mol. The molecule has 0 bridgehead atoms. The molecule has 5 rings (SSSR count). The van der Waals surface area contributed by atoms with E-state index in [0.717, 1.165) is 60.8 Å². The minimum atomic E-state index is -0.711. The Hall–Kier alpha value is -4.42. The zero-order valence-corrected chi connectivity index (χ0v) is 26.7. The van der Waals surface area contributed by atoms with Crippen LogP contribution in [0, 0.1) is 0 Å². The minimum Gasteiger partial charge on any atom is -0.370 e. The SMILES string of the molecule is CN(C)CCN(Cc1ccccc1)C(=NC1CCCCC1)Nc1ccc(C(CC(N)=O)(c2ccccc2)c2ccccc2)cc1. The van der Waals surface area contributed by atoms with E-state index in [1.807, 2.05) is 36.4 Å². The average Bonchev–Trinajstić information content (AvgIpc) is 3.07. The van der Waals surface area contributed by atoms with E-state index >= 15 is 0 Å². The van der Waals surface area contributed by atoms with Crippen molar-refractivity contribution in [2.45, 2.75) is 56.5 Å². The van der Waals surface area contributed by atoms with Gasteiger partial charge < -0.3 is 20.9 Å². The quantitative estimate of drug-likeness (QED) is 0.104. The lowest BCUT2D eigenvalue weighted by Gasteiger charge is -2.35. The maximum atomic E-state index is 12.7. The van der Waals surface area contributed by atoms with Crippen LogP contribution in [0.2, 0.25) is 0 Å². The summed E-state index contributed by atoms with van der Waals surface area (Å²) in [7, 11) is 4.23. The fourth-order valence-corrected chi connectivity index (χ4v) is 6.44. The summed E-state index contributed by atoms with van der Waals surface area (Å²) < 4.78 is 0. The predicted octanol–water partition coefficient (Wildman–Crippen LogP) is 7.06. The van der Waals surface area contributed by atoms with Gasteiger partial charge in [0.1, 0.15) is 0 Å². The van der Waals surface area contributed by atoms with E-state index in [4.69, 9.17) is 10.7 Å². The molecule has 1 amide bonds. The predicted molar refractivity (Wildman–Crippen MR) is 186 cm³/mol. The number of aliphatic imine (C=N–C) groups is 1. The average molecular weight is 602 g/mol. The van der Waals surface area contributed by atoms with Crippen LogP contribution < -0.4 is 11.1 Å². The third-order valence-corrected chi connectivity index (χ3v) is 8.82. The number of amides is 1. The molecule has 1 saturated carbocycles. The van der Waals surface area contributed by atoms with Crippen LogP contribution in [-0.2, 0) is 16.8 Å². The molecule has 1 fully saturated rings. The highest BCUT2D eigenvalue weighted by atomic mass is 16.1. The van der Waals surface area contributed by atoms with Crippen molar-refractivity contribution in [3.63, 3.8) is 0 Å². The Bertz CT molecular complexity index is 1460. The van der Waals surface area contributed by atoms with Crippen LogP contribution in [0.4, 0.5) is 5.69 Å². The summed E-state index contributed by atoms with van der Waals surface area (Å²) in [6.07, 6.45) is 6.17. The van der Waals surface area contributed by atoms with Crippen molar-refractivity contribution >= 4 is 17.6 Å². The van der Waals surface area contributed by atoms with Crippen LogP contribution in [-0.4, -0.2) is 54.9 Å². The Balaban J connectivity index is 1.52. The van der Waals surface area contributed by atoms with Crippen LogP contribution >= 0.6 is 0 Å². The van der Waals surface area contributed by atoms with Crippen molar-refractivity contribution in [1.29, 1.82) is 0 Å². The van der Waals surface area contributed by atoms with Gasteiger partial charge in [-0.05, 0) is 61.3 Å². The number of anilines is 1. The number of likely N-dealkylation sites (N-methyl/N-ethyl adjacent to an activating group) is 1. The van der Waals surface area contributed by atoms with Crippen molar-refractivity contribution in [3.05, 3.63) is 138 Å². The topological polar surface area (TPSA) is 74.0 Å². The molecular formula is C39H47N5O. The number of hydrogen-bond acceptors (Lipinski definition) is 3. The van der Waals surface area contributed by atoms with Gasteiger partial charge >= 0.3 is 0 Å². The molecule has 3 N–H and O–H groups in total. The standard InChI is InChI=1S/C39H47N5O/c1-43(2)27-28-44(30-31-15-7-3-8-16-31)38(41-35-21-13-6-14-22-35)42-36-25-23-34(24-26-36)39(29-37(40)45,32-17-9-4-10-18-32)33-19-11-5-12-20-33/h3-5,7-12,15-20,23-26,35H,6,13-14,21-22,27-30H2,1-2H3,(H2,40,45)(H,41,42). The third kappa shape index (κ3) is 8.40. The van der Waals surface area contributed by atoms with Crippen molar-refractivity contribution in [1.82, 2.24) is 9.80 Å². The lowest BCUT2D eigenvalue weighted by Crippen LogP contribution is -2.41. The van der Waals surface area contributed by atoms with E-state index in [-0.39, 0.29) is 12.3 Å². The first kappa shape index (κ1) is 32.0. The van der Waals surface area contributed by atoms with Gasteiger partial charge in [0, 0.05) is 31.7 Å². The Labute approximate surface area is 269 Å². The highest BCUT2D eigenvalue weighted by molar-refractivity contribution is 5.94. The summed E-state index contributed by atoms with van der Waals surface area (Å²) in [4.78, 5) is 22.6. The van der Waals surface area contributed by atoms with Gasteiger partial charge in [-0.15, -0.1) is 0 Å². The van der Waals surface area contributed by atoms with E-state index in [0.29, 0.717) is 6.04 Å². The number of guanidine groups is 1. The van der Waals surface area contributed by atoms with Gasteiger partial charge in [-0.2, -0.15) is 0 Å².